The van der Waals surface area contributed by atoms with Gasteiger partial charge in [-0.25, -0.2) is 0 Å². The highest BCUT2D eigenvalue weighted by molar-refractivity contribution is 4.79. The van der Waals surface area contributed by atoms with Crippen LogP contribution in [0.5, 0.6) is 0 Å². The van der Waals surface area contributed by atoms with Crippen molar-refractivity contribution in [3.05, 3.63) is 0 Å². The molecule has 15 heavy (non-hydrogen) atoms. The summed E-state index contributed by atoms with van der Waals surface area (Å²) in [7, 11) is 0. The monoisotopic (exact) mass is 210 g/mol. The molecule has 0 aliphatic carbocycles. The zero-order valence-electron chi connectivity index (χ0n) is 10.2. The maximum absolute atomic E-state index is 3.61. The van der Waals surface area contributed by atoms with Crippen molar-refractivity contribution in [2.24, 2.45) is 5.92 Å². The molecule has 0 spiro atoms. The second kappa shape index (κ2) is 5.86. The lowest BCUT2D eigenvalue weighted by Gasteiger charge is -2.23. The first-order valence-electron chi connectivity index (χ1n) is 6.84. The summed E-state index contributed by atoms with van der Waals surface area (Å²) in [5.74, 6) is 1.01. The van der Waals surface area contributed by atoms with Gasteiger partial charge in [0.15, 0.2) is 0 Å². The average molecular weight is 210 g/mol. The molecule has 2 fully saturated rings. The first-order valence-corrected chi connectivity index (χ1v) is 6.84. The molecule has 2 aliphatic rings. The van der Waals surface area contributed by atoms with Crippen molar-refractivity contribution in [1.29, 1.82) is 0 Å². The molecule has 2 heteroatoms. The van der Waals surface area contributed by atoms with Crippen LogP contribution in [0.3, 0.4) is 0 Å². The Kier molecular flexibility index (Phi) is 4.45. The Morgan fingerprint density at radius 2 is 2.07 bits per heavy atom. The fourth-order valence-electron chi connectivity index (χ4n) is 3.04. The van der Waals surface area contributed by atoms with Crippen molar-refractivity contribution in [2.45, 2.75) is 51.5 Å². The summed E-state index contributed by atoms with van der Waals surface area (Å²) in [4.78, 5) is 2.69. The summed E-state index contributed by atoms with van der Waals surface area (Å²) in [6, 6.07) is 0.795. The molecule has 2 rings (SSSR count). The van der Waals surface area contributed by atoms with Gasteiger partial charge in [-0.05, 0) is 57.7 Å². The van der Waals surface area contributed by atoms with Gasteiger partial charge in [0.25, 0.3) is 0 Å². The highest BCUT2D eigenvalue weighted by atomic mass is 15.2. The Labute approximate surface area is 94.4 Å². The first kappa shape index (κ1) is 11.4. The Balaban J connectivity index is 1.72. The molecule has 1 N–H and O–H groups in total. The number of nitrogens with one attached hydrogen (secondary N) is 1. The summed E-state index contributed by atoms with van der Waals surface area (Å²) in [5.41, 5.74) is 0. The Morgan fingerprint density at radius 3 is 2.80 bits per heavy atom. The molecule has 2 heterocycles. The highest BCUT2D eigenvalue weighted by Gasteiger charge is 2.20. The molecule has 2 unspecified atom stereocenters. The van der Waals surface area contributed by atoms with Crippen LogP contribution < -0.4 is 5.32 Å². The van der Waals surface area contributed by atoms with Crippen molar-refractivity contribution >= 4 is 0 Å². The quantitative estimate of drug-likeness (QED) is 0.768. The maximum atomic E-state index is 3.61. The van der Waals surface area contributed by atoms with Crippen molar-refractivity contribution in [1.82, 2.24) is 10.2 Å². The minimum Gasteiger partial charge on any atom is -0.313 e. The lowest BCUT2D eigenvalue weighted by molar-refractivity contribution is 0.255. The van der Waals surface area contributed by atoms with Crippen LogP contribution in [0.1, 0.15) is 45.4 Å². The molecular weight excluding hydrogens is 184 g/mol. The van der Waals surface area contributed by atoms with Crippen LogP contribution in [0.15, 0.2) is 0 Å². The molecule has 0 aromatic rings. The van der Waals surface area contributed by atoms with E-state index in [1.54, 1.807) is 0 Å². The van der Waals surface area contributed by atoms with E-state index < -0.39 is 0 Å². The van der Waals surface area contributed by atoms with E-state index >= 15 is 0 Å². The maximum Gasteiger partial charge on any atom is 0.0195 e. The van der Waals surface area contributed by atoms with Crippen molar-refractivity contribution in [2.75, 3.05) is 26.2 Å². The third kappa shape index (κ3) is 3.46. The topological polar surface area (TPSA) is 15.3 Å². The van der Waals surface area contributed by atoms with Crippen molar-refractivity contribution in [3.8, 4) is 0 Å². The number of hydrogen-bond donors (Lipinski definition) is 1. The number of nitrogens with zero attached hydrogens (tertiary/aromatic N) is 1. The third-order valence-electron chi connectivity index (χ3n) is 4.16. The number of hydrogen-bond acceptors (Lipinski definition) is 2. The molecule has 0 bridgehead atoms. The van der Waals surface area contributed by atoms with Gasteiger partial charge in [-0.3, -0.25) is 0 Å². The van der Waals surface area contributed by atoms with Crippen LogP contribution in [0.4, 0.5) is 0 Å². The molecular formula is C13H26N2. The van der Waals surface area contributed by atoms with Crippen LogP contribution in [-0.4, -0.2) is 37.1 Å². The number of rotatable bonds is 3. The van der Waals surface area contributed by atoms with Gasteiger partial charge >= 0.3 is 0 Å². The molecule has 2 nitrogen and oxygen atoms in total. The molecule has 0 saturated carbocycles. The van der Waals surface area contributed by atoms with E-state index in [0.29, 0.717) is 0 Å². The van der Waals surface area contributed by atoms with Crippen molar-refractivity contribution < 1.29 is 0 Å². The van der Waals surface area contributed by atoms with Gasteiger partial charge in [0.05, 0.1) is 0 Å². The summed E-state index contributed by atoms with van der Waals surface area (Å²) >= 11 is 0. The molecule has 0 radical (unpaired) electrons. The minimum absolute atomic E-state index is 0.795. The summed E-state index contributed by atoms with van der Waals surface area (Å²) in [6.45, 7) is 7.58. The van der Waals surface area contributed by atoms with Crippen LogP contribution in [0, 0.1) is 5.92 Å². The van der Waals surface area contributed by atoms with Gasteiger partial charge < -0.3 is 10.2 Å². The predicted molar refractivity (Wildman–Crippen MR) is 65.1 cm³/mol. The second-order valence-electron chi connectivity index (χ2n) is 5.30. The first-order chi connectivity index (χ1) is 7.38. The van der Waals surface area contributed by atoms with Gasteiger partial charge in [0, 0.05) is 12.6 Å². The predicted octanol–water partition coefficient (Wildman–Crippen LogP) is 2.25. The normalized spacial score (nSPS) is 34.2. The molecule has 2 atom stereocenters. The zero-order valence-corrected chi connectivity index (χ0v) is 10.2. The van der Waals surface area contributed by atoms with Crippen LogP contribution in [-0.2, 0) is 0 Å². The zero-order chi connectivity index (χ0) is 10.5. The van der Waals surface area contributed by atoms with Gasteiger partial charge in [-0.15, -0.1) is 0 Å². The smallest absolute Gasteiger partial charge is 0.0195 e. The van der Waals surface area contributed by atoms with E-state index in [-0.39, 0.29) is 0 Å². The van der Waals surface area contributed by atoms with Crippen LogP contribution in [0.25, 0.3) is 0 Å². The van der Waals surface area contributed by atoms with Crippen LogP contribution in [0.2, 0.25) is 0 Å². The van der Waals surface area contributed by atoms with Gasteiger partial charge in [0.2, 0.25) is 0 Å². The van der Waals surface area contributed by atoms with Crippen LogP contribution >= 0.6 is 0 Å². The fraction of sp³-hybridized carbons (Fsp3) is 1.00. The van der Waals surface area contributed by atoms with Gasteiger partial charge in [-0.2, -0.15) is 0 Å². The number of likely N-dealkylation sites (tertiary alicyclic amines) is 1. The molecule has 88 valence electrons. The Hall–Kier alpha value is -0.0800. The fourth-order valence-corrected chi connectivity index (χ4v) is 3.04. The summed E-state index contributed by atoms with van der Waals surface area (Å²) < 4.78 is 0. The average Bonchev–Trinajstić information content (AvgIpc) is 2.64. The lowest BCUT2D eigenvalue weighted by Crippen LogP contribution is -2.38. The van der Waals surface area contributed by atoms with Gasteiger partial charge in [0.1, 0.15) is 0 Å². The third-order valence-corrected chi connectivity index (χ3v) is 4.16. The Morgan fingerprint density at radius 1 is 1.13 bits per heavy atom. The van der Waals surface area contributed by atoms with E-state index in [0.717, 1.165) is 12.0 Å². The van der Waals surface area contributed by atoms with E-state index in [4.69, 9.17) is 0 Å². The minimum atomic E-state index is 0.795. The van der Waals surface area contributed by atoms with E-state index in [9.17, 15) is 0 Å². The largest absolute Gasteiger partial charge is 0.313 e. The highest BCUT2D eigenvalue weighted by Crippen LogP contribution is 2.20. The molecule has 0 amide bonds. The Bertz CT molecular complexity index is 175. The summed E-state index contributed by atoms with van der Waals surface area (Å²) in [6.07, 6.45) is 8.48. The standard InChI is InChI=1S/C13H26N2/c1-2-12-5-4-9-15(10-7-12)11-13-6-3-8-14-13/h12-14H,2-11H2,1H3. The van der Waals surface area contributed by atoms with Crippen molar-refractivity contribution in [3.63, 3.8) is 0 Å². The summed E-state index contributed by atoms with van der Waals surface area (Å²) in [5, 5.41) is 3.61. The molecule has 0 aromatic heterocycles. The van der Waals surface area contributed by atoms with Gasteiger partial charge in [-0.1, -0.05) is 13.3 Å². The molecule has 2 saturated heterocycles. The van der Waals surface area contributed by atoms with E-state index in [1.165, 1.54) is 64.7 Å². The SMILES string of the molecule is CCC1CCCN(CC2CCCN2)CC1. The lowest BCUT2D eigenvalue weighted by atomic mass is 9.98. The second-order valence-corrected chi connectivity index (χ2v) is 5.30. The molecule has 0 aromatic carbocycles. The molecule has 2 aliphatic heterocycles. The van der Waals surface area contributed by atoms with E-state index in [1.807, 2.05) is 0 Å². The van der Waals surface area contributed by atoms with E-state index in [2.05, 4.69) is 17.1 Å².